The standard InChI is InChI=1S/C17H16BrFN2O3/c1-9-16(20-2)14(11-6-5-10(19)7-12(11)18)15(17(22)24-4)13(21-9)8-23-3/h5-7,14,21H,8H2,1,3-4H3. The molecule has 0 radical (unpaired) electrons. The van der Waals surface area contributed by atoms with Crippen molar-refractivity contribution in [2.24, 2.45) is 0 Å². The third-order valence-corrected chi connectivity index (χ3v) is 4.38. The van der Waals surface area contributed by atoms with Gasteiger partial charge in [-0.3, -0.25) is 0 Å². The van der Waals surface area contributed by atoms with Gasteiger partial charge in [-0.2, -0.15) is 0 Å². The Balaban J connectivity index is 2.73. The molecule has 1 aromatic carbocycles. The van der Waals surface area contributed by atoms with Crippen molar-refractivity contribution in [3.63, 3.8) is 0 Å². The number of methoxy groups -OCH3 is 2. The van der Waals surface area contributed by atoms with Gasteiger partial charge in [0.15, 0.2) is 5.70 Å². The van der Waals surface area contributed by atoms with Crippen LogP contribution in [0.3, 0.4) is 0 Å². The molecule has 0 amide bonds. The molecule has 0 bridgehead atoms. The first-order chi connectivity index (χ1) is 11.4. The third-order valence-electron chi connectivity index (χ3n) is 3.70. The van der Waals surface area contributed by atoms with Crippen LogP contribution in [0, 0.1) is 12.4 Å². The van der Waals surface area contributed by atoms with Crippen molar-refractivity contribution in [2.45, 2.75) is 12.8 Å². The van der Waals surface area contributed by atoms with Gasteiger partial charge in [-0.1, -0.05) is 22.0 Å². The van der Waals surface area contributed by atoms with Crippen LogP contribution in [0.4, 0.5) is 4.39 Å². The number of hydrogen-bond donors (Lipinski definition) is 1. The largest absolute Gasteiger partial charge is 0.466 e. The highest BCUT2D eigenvalue weighted by Gasteiger charge is 2.36. The molecule has 126 valence electrons. The SMILES string of the molecule is [C-]#[N+]C1=C(C)NC(COC)=C(C(=O)OC)C1c1ccc(F)cc1Br. The number of ether oxygens (including phenoxy) is 2. The van der Waals surface area contributed by atoms with E-state index in [1.54, 1.807) is 13.0 Å². The van der Waals surface area contributed by atoms with E-state index in [-0.39, 0.29) is 12.2 Å². The van der Waals surface area contributed by atoms with Gasteiger partial charge in [-0.05, 0) is 24.6 Å². The minimum absolute atomic E-state index is 0.155. The van der Waals surface area contributed by atoms with Gasteiger partial charge in [0.1, 0.15) is 5.82 Å². The van der Waals surface area contributed by atoms with Gasteiger partial charge in [0.25, 0.3) is 0 Å². The van der Waals surface area contributed by atoms with E-state index in [0.29, 0.717) is 27.1 Å². The molecular formula is C17H16BrFN2O3. The highest BCUT2D eigenvalue weighted by Crippen LogP contribution is 2.42. The van der Waals surface area contributed by atoms with E-state index in [4.69, 9.17) is 16.0 Å². The summed E-state index contributed by atoms with van der Waals surface area (Å²) in [7, 11) is 2.79. The van der Waals surface area contributed by atoms with Crippen LogP contribution in [0.2, 0.25) is 0 Å². The maximum atomic E-state index is 13.5. The molecule has 1 atom stereocenters. The minimum atomic E-state index is -0.670. The second-order valence-electron chi connectivity index (χ2n) is 5.16. The average molecular weight is 395 g/mol. The summed E-state index contributed by atoms with van der Waals surface area (Å²) in [4.78, 5) is 16.0. The van der Waals surface area contributed by atoms with Crippen LogP contribution < -0.4 is 5.32 Å². The van der Waals surface area contributed by atoms with Crippen molar-refractivity contribution in [2.75, 3.05) is 20.8 Å². The Morgan fingerprint density at radius 1 is 1.46 bits per heavy atom. The fourth-order valence-electron chi connectivity index (χ4n) is 2.68. The smallest absolute Gasteiger partial charge is 0.335 e. The second kappa shape index (κ2) is 7.60. The predicted octanol–water partition coefficient (Wildman–Crippen LogP) is 3.50. The zero-order valence-corrected chi connectivity index (χ0v) is 15.0. The van der Waals surface area contributed by atoms with Crippen molar-refractivity contribution in [3.8, 4) is 0 Å². The fourth-order valence-corrected chi connectivity index (χ4v) is 3.26. The molecule has 0 spiro atoms. The van der Waals surface area contributed by atoms with Crippen LogP contribution in [0.25, 0.3) is 4.85 Å². The van der Waals surface area contributed by atoms with Crippen molar-refractivity contribution < 1.29 is 18.7 Å². The van der Waals surface area contributed by atoms with Crippen LogP contribution in [0.1, 0.15) is 18.4 Å². The lowest BCUT2D eigenvalue weighted by atomic mass is 9.84. The molecule has 0 aromatic heterocycles. The van der Waals surface area contributed by atoms with Gasteiger partial charge in [0.2, 0.25) is 0 Å². The Kier molecular flexibility index (Phi) is 5.75. The summed E-state index contributed by atoms with van der Waals surface area (Å²) in [5.41, 5.74) is 2.38. The van der Waals surface area contributed by atoms with Crippen LogP contribution in [-0.4, -0.2) is 26.8 Å². The summed E-state index contributed by atoms with van der Waals surface area (Å²) in [5.74, 6) is -1.65. The van der Waals surface area contributed by atoms with E-state index < -0.39 is 17.7 Å². The average Bonchev–Trinajstić information content (AvgIpc) is 2.54. The van der Waals surface area contributed by atoms with Gasteiger partial charge in [-0.25, -0.2) is 14.0 Å². The number of benzene rings is 1. The molecule has 1 unspecified atom stereocenters. The van der Waals surface area contributed by atoms with Crippen LogP contribution >= 0.6 is 15.9 Å². The molecule has 2 rings (SSSR count). The van der Waals surface area contributed by atoms with Gasteiger partial charge in [0.05, 0.1) is 37.5 Å². The first kappa shape index (κ1) is 18.2. The number of halogens is 2. The molecule has 7 heteroatoms. The Morgan fingerprint density at radius 3 is 2.71 bits per heavy atom. The lowest BCUT2D eigenvalue weighted by Crippen LogP contribution is -2.31. The number of carbonyl (C=O) groups excluding carboxylic acids is 1. The summed E-state index contributed by atoms with van der Waals surface area (Å²) in [6.07, 6.45) is 0. The van der Waals surface area contributed by atoms with Crippen molar-refractivity contribution in [1.29, 1.82) is 0 Å². The van der Waals surface area contributed by atoms with Gasteiger partial charge in [-0.15, -0.1) is 0 Å². The van der Waals surface area contributed by atoms with Gasteiger partial charge in [0, 0.05) is 17.3 Å². The highest BCUT2D eigenvalue weighted by atomic mass is 79.9. The van der Waals surface area contributed by atoms with E-state index in [0.717, 1.165) is 0 Å². The summed E-state index contributed by atoms with van der Waals surface area (Å²) < 4.78 is 24.0. The normalized spacial score (nSPS) is 17.4. The highest BCUT2D eigenvalue weighted by molar-refractivity contribution is 9.10. The molecular weight excluding hydrogens is 379 g/mol. The Labute approximate surface area is 148 Å². The zero-order valence-electron chi connectivity index (χ0n) is 13.4. The van der Waals surface area contributed by atoms with E-state index in [1.807, 2.05) is 0 Å². The first-order valence-electron chi connectivity index (χ1n) is 7.05. The molecule has 24 heavy (non-hydrogen) atoms. The van der Waals surface area contributed by atoms with Gasteiger partial charge >= 0.3 is 5.97 Å². The molecule has 1 aromatic rings. The first-order valence-corrected chi connectivity index (χ1v) is 7.84. The molecule has 1 aliphatic rings. The molecule has 5 nitrogen and oxygen atoms in total. The molecule has 1 heterocycles. The number of carbonyl (C=O) groups is 1. The monoisotopic (exact) mass is 394 g/mol. The van der Waals surface area contributed by atoms with E-state index in [9.17, 15) is 9.18 Å². The molecule has 0 saturated heterocycles. The Morgan fingerprint density at radius 2 is 2.17 bits per heavy atom. The lowest BCUT2D eigenvalue weighted by molar-refractivity contribution is -0.136. The number of rotatable bonds is 4. The van der Waals surface area contributed by atoms with Gasteiger partial charge < -0.3 is 14.8 Å². The quantitative estimate of drug-likeness (QED) is 0.627. The number of hydrogen-bond acceptors (Lipinski definition) is 4. The number of nitrogens with one attached hydrogen (secondary N) is 1. The summed E-state index contributed by atoms with van der Waals surface area (Å²) in [5, 5.41) is 3.04. The number of esters is 1. The number of allylic oxidation sites excluding steroid dienone is 2. The van der Waals surface area contributed by atoms with E-state index >= 15 is 0 Å². The molecule has 1 N–H and O–H groups in total. The summed E-state index contributed by atoms with van der Waals surface area (Å²) in [6.45, 7) is 9.41. The maximum absolute atomic E-state index is 13.5. The molecule has 0 aliphatic carbocycles. The van der Waals surface area contributed by atoms with Crippen LogP contribution in [0.5, 0.6) is 0 Å². The number of nitrogens with zero attached hydrogens (tertiary/aromatic N) is 1. The topological polar surface area (TPSA) is 51.9 Å². The van der Waals surface area contributed by atoms with Crippen molar-refractivity contribution in [1.82, 2.24) is 5.32 Å². The van der Waals surface area contributed by atoms with E-state index in [2.05, 4.69) is 26.1 Å². The Bertz CT molecular complexity index is 781. The van der Waals surface area contributed by atoms with Crippen molar-refractivity contribution >= 4 is 21.9 Å². The van der Waals surface area contributed by atoms with Crippen LogP contribution in [-0.2, 0) is 14.3 Å². The summed E-state index contributed by atoms with van der Waals surface area (Å²) in [6, 6.07) is 4.16. The van der Waals surface area contributed by atoms with Crippen molar-refractivity contribution in [3.05, 3.63) is 68.1 Å². The minimum Gasteiger partial charge on any atom is -0.466 e. The van der Waals surface area contributed by atoms with Crippen LogP contribution in [0.15, 0.2) is 45.3 Å². The summed E-state index contributed by atoms with van der Waals surface area (Å²) >= 11 is 3.32. The molecule has 0 fully saturated rings. The molecule has 0 saturated carbocycles. The maximum Gasteiger partial charge on any atom is 0.335 e. The van der Waals surface area contributed by atoms with E-state index in [1.165, 1.54) is 26.4 Å². The third kappa shape index (κ3) is 3.35. The predicted molar refractivity (Wildman–Crippen MR) is 90.2 cm³/mol. The lowest BCUT2D eigenvalue weighted by Gasteiger charge is -2.29. The number of dihydropyridines is 1. The second-order valence-corrected chi connectivity index (χ2v) is 6.02. The Hall–Kier alpha value is -2.17. The fraction of sp³-hybridized carbons (Fsp3) is 0.294. The molecule has 1 aliphatic heterocycles. The zero-order chi connectivity index (χ0) is 17.9.